The Labute approximate surface area is 120 Å². The molecule has 1 heterocycles. The monoisotopic (exact) mass is 267 g/mol. The molecule has 3 rings (SSSR count). The van der Waals surface area contributed by atoms with E-state index >= 15 is 0 Å². The summed E-state index contributed by atoms with van der Waals surface area (Å²) < 4.78 is 0. The molecule has 1 N–H and O–H groups in total. The molecule has 1 aliphatic carbocycles. The van der Waals surface area contributed by atoms with Gasteiger partial charge in [0, 0.05) is 23.2 Å². The van der Waals surface area contributed by atoms with Crippen LogP contribution in [-0.4, -0.2) is 23.6 Å². The summed E-state index contributed by atoms with van der Waals surface area (Å²) in [4.78, 5) is 9.53. The molecule has 104 valence electrons. The van der Waals surface area contributed by atoms with Crippen LogP contribution in [0.2, 0.25) is 0 Å². The summed E-state index contributed by atoms with van der Waals surface area (Å²) in [6, 6.07) is 10.6. The van der Waals surface area contributed by atoms with Crippen molar-refractivity contribution in [3.63, 3.8) is 0 Å². The van der Waals surface area contributed by atoms with Crippen molar-refractivity contribution in [2.45, 2.75) is 32.1 Å². The Morgan fingerprint density at radius 1 is 1.15 bits per heavy atom. The number of likely N-dealkylation sites (N-methyl/N-ethyl adjacent to an activating group) is 1. The van der Waals surface area contributed by atoms with Gasteiger partial charge in [0.1, 0.15) is 5.82 Å². The Balaban J connectivity index is 2.03. The lowest BCUT2D eigenvalue weighted by Gasteiger charge is -2.15. The first-order valence-electron chi connectivity index (χ1n) is 7.21. The standard InChI is InChI=1S/C17H21N3/c1-12-5-4-6-14(9-12)15-10-13(2)19-16(20-15)17(7-8-17)11-18-3/h4-6,9-10,18H,7-8,11H2,1-3H3. The minimum atomic E-state index is 0.166. The summed E-state index contributed by atoms with van der Waals surface area (Å²) in [5.41, 5.74) is 4.69. The molecule has 0 spiro atoms. The normalized spacial score (nSPS) is 16.1. The van der Waals surface area contributed by atoms with Gasteiger partial charge in [0.05, 0.1) is 5.69 Å². The molecule has 20 heavy (non-hydrogen) atoms. The van der Waals surface area contributed by atoms with Crippen molar-refractivity contribution in [3.05, 3.63) is 47.4 Å². The van der Waals surface area contributed by atoms with Crippen LogP contribution in [0.4, 0.5) is 0 Å². The van der Waals surface area contributed by atoms with Crippen LogP contribution >= 0.6 is 0 Å². The maximum Gasteiger partial charge on any atom is 0.136 e. The fraction of sp³-hybridized carbons (Fsp3) is 0.412. The van der Waals surface area contributed by atoms with Gasteiger partial charge < -0.3 is 5.32 Å². The van der Waals surface area contributed by atoms with Crippen LogP contribution in [0.15, 0.2) is 30.3 Å². The Morgan fingerprint density at radius 2 is 1.95 bits per heavy atom. The van der Waals surface area contributed by atoms with Gasteiger partial charge in [-0.1, -0.05) is 23.8 Å². The van der Waals surface area contributed by atoms with E-state index in [0.29, 0.717) is 0 Å². The highest BCUT2D eigenvalue weighted by atomic mass is 15.0. The van der Waals surface area contributed by atoms with E-state index in [1.807, 2.05) is 7.05 Å². The fourth-order valence-corrected chi connectivity index (χ4v) is 2.73. The third-order valence-electron chi connectivity index (χ3n) is 4.01. The first-order chi connectivity index (χ1) is 9.63. The summed E-state index contributed by atoms with van der Waals surface area (Å²) in [6.45, 7) is 5.13. The zero-order valence-electron chi connectivity index (χ0n) is 12.4. The van der Waals surface area contributed by atoms with E-state index in [-0.39, 0.29) is 5.41 Å². The van der Waals surface area contributed by atoms with Crippen LogP contribution in [0.5, 0.6) is 0 Å². The second-order valence-electron chi connectivity index (χ2n) is 5.90. The van der Waals surface area contributed by atoms with Gasteiger partial charge in [-0.15, -0.1) is 0 Å². The summed E-state index contributed by atoms with van der Waals surface area (Å²) in [5.74, 6) is 1.00. The molecule has 0 atom stereocenters. The molecule has 3 nitrogen and oxygen atoms in total. The molecule has 0 unspecified atom stereocenters. The van der Waals surface area contributed by atoms with Gasteiger partial charge in [-0.25, -0.2) is 9.97 Å². The molecule has 0 aliphatic heterocycles. The van der Waals surface area contributed by atoms with Gasteiger partial charge in [-0.3, -0.25) is 0 Å². The molecule has 0 radical (unpaired) electrons. The number of benzene rings is 1. The van der Waals surface area contributed by atoms with Crippen molar-refractivity contribution in [3.8, 4) is 11.3 Å². The van der Waals surface area contributed by atoms with Crippen LogP contribution in [0, 0.1) is 13.8 Å². The van der Waals surface area contributed by atoms with E-state index in [2.05, 4.69) is 54.5 Å². The van der Waals surface area contributed by atoms with Gasteiger partial charge in [-0.2, -0.15) is 0 Å². The van der Waals surface area contributed by atoms with E-state index in [4.69, 9.17) is 4.98 Å². The Hall–Kier alpha value is -1.74. The molecular weight excluding hydrogens is 246 g/mol. The van der Waals surface area contributed by atoms with Gasteiger partial charge in [0.2, 0.25) is 0 Å². The molecule has 0 amide bonds. The summed E-state index contributed by atoms with van der Waals surface area (Å²) in [6.07, 6.45) is 2.37. The van der Waals surface area contributed by atoms with Crippen molar-refractivity contribution in [2.75, 3.05) is 13.6 Å². The van der Waals surface area contributed by atoms with Crippen LogP contribution < -0.4 is 5.32 Å². The van der Waals surface area contributed by atoms with E-state index < -0.39 is 0 Å². The Bertz CT molecular complexity index is 630. The van der Waals surface area contributed by atoms with Crippen molar-refractivity contribution < 1.29 is 0 Å². The van der Waals surface area contributed by atoms with E-state index in [1.165, 1.54) is 24.0 Å². The maximum absolute atomic E-state index is 4.85. The zero-order chi connectivity index (χ0) is 14.2. The van der Waals surface area contributed by atoms with Crippen molar-refractivity contribution in [2.24, 2.45) is 0 Å². The molecule has 1 aromatic heterocycles. The average molecular weight is 267 g/mol. The first-order valence-corrected chi connectivity index (χ1v) is 7.21. The predicted octanol–water partition coefficient (Wildman–Crippen LogP) is 3.01. The summed E-state index contributed by atoms with van der Waals surface area (Å²) >= 11 is 0. The third-order valence-corrected chi connectivity index (χ3v) is 4.01. The van der Waals surface area contributed by atoms with Gasteiger partial charge in [0.15, 0.2) is 0 Å². The second kappa shape index (κ2) is 4.98. The quantitative estimate of drug-likeness (QED) is 0.925. The minimum Gasteiger partial charge on any atom is -0.319 e. The molecule has 2 aromatic rings. The average Bonchev–Trinajstić information content (AvgIpc) is 3.19. The predicted molar refractivity (Wildman–Crippen MR) is 81.8 cm³/mol. The highest BCUT2D eigenvalue weighted by molar-refractivity contribution is 5.60. The number of aromatic nitrogens is 2. The molecule has 3 heteroatoms. The summed E-state index contributed by atoms with van der Waals surface area (Å²) in [5, 5.41) is 3.28. The van der Waals surface area contributed by atoms with Crippen LogP contribution in [-0.2, 0) is 5.41 Å². The largest absolute Gasteiger partial charge is 0.319 e. The van der Waals surface area contributed by atoms with E-state index in [9.17, 15) is 0 Å². The van der Waals surface area contributed by atoms with Gasteiger partial charge in [-0.05, 0) is 45.9 Å². The van der Waals surface area contributed by atoms with Crippen LogP contribution in [0.1, 0.15) is 29.9 Å². The van der Waals surface area contributed by atoms with Crippen molar-refractivity contribution in [1.29, 1.82) is 0 Å². The van der Waals surface area contributed by atoms with Crippen LogP contribution in [0.3, 0.4) is 0 Å². The molecule has 1 fully saturated rings. The fourth-order valence-electron chi connectivity index (χ4n) is 2.73. The Kier molecular flexibility index (Phi) is 3.30. The minimum absolute atomic E-state index is 0.166. The third kappa shape index (κ3) is 2.46. The van der Waals surface area contributed by atoms with Crippen molar-refractivity contribution >= 4 is 0 Å². The van der Waals surface area contributed by atoms with E-state index in [1.54, 1.807) is 0 Å². The smallest absolute Gasteiger partial charge is 0.136 e. The summed E-state index contributed by atoms with van der Waals surface area (Å²) in [7, 11) is 2.00. The molecule has 1 aromatic carbocycles. The number of nitrogens with zero attached hydrogens (tertiary/aromatic N) is 2. The second-order valence-corrected chi connectivity index (χ2v) is 5.90. The number of aryl methyl sites for hydroxylation is 2. The molecule has 1 saturated carbocycles. The van der Waals surface area contributed by atoms with Gasteiger partial charge >= 0.3 is 0 Å². The lowest BCUT2D eigenvalue weighted by atomic mass is 10.0. The number of nitrogens with one attached hydrogen (secondary N) is 1. The van der Waals surface area contributed by atoms with Crippen molar-refractivity contribution in [1.82, 2.24) is 15.3 Å². The molecule has 0 saturated heterocycles. The topological polar surface area (TPSA) is 37.8 Å². The van der Waals surface area contributed by atoms with Crippen LogP contribution in [0.25, 0.3) is 11.3 Å². The molecule has 1 aliphatic rings. The maximum atomic E-state index is 4.85. The Morgan fingerprint density at radius 3 is 2.60 bits per heavy atom. The zero-order valence-corrected chi connectivity index (χ0v) is 12.4. The molecule has 0 bridgehead atoms. The molecular formula is C17H21N3. The first kappa shape index (κ1) is 13.3. The van der Waals surface area contributed by atoms with E-state index in [0.717, 1.165) is 23.8 Å². The van der Waals surface area contributed by atoms with Gasteiger partial charge in [0.25, 0.3) is 0 Å². The lowest BCUT2D eigenvalue weighted by Crippen LogP contribution is -2.26. The SMILES string of the molecule is CNCC1(c2nc(C)cc(-c3cccc(C)c3)n2)CC1. The highest BCUT2D eigenvalue weighted by Crippen LogP contribution is 2.46. The lowest BCUT2D eigenvalue weighted by molar-refractivity contribution is 0.586. The number of hydrogen-bond donors (Lipinski definition) is 1. The number of hydrogen-bond acceptors (Lipinski definition) is 3. The highest BCUT2D eigenvalue weighted by Gasteiger charge is 2.46. The number of rotatable bonds is 4.